The van der Waals surface area contributed by atoms with Gasteiger partial charge in [-0.2, -0.15) is 0 Å². The molecule has 24 heavy (non-hydrogen) atoms. The number of benzene rings is 1. The summed E-state index contributed by atoms with van der Waals surface area (Å²) in [6.45, 7) is 8.97. The first-order valence-corrected chi connectivity index (χ1v) is 8.67. The van der Waals surface area contributed by atoms with E-state index in [-0.39, 0.29) is 17.7 Å². The fraction of sp³-hybridized carbons (Fsp3) is 0.579. The highest BCUT2D eigenvalue weighted by molar-refractivity contribution is 6.00. The number of nitrogens with one attached hydrogen (secondary N) is 1. The van der Waals surface area contributed by atoms with Crippen LogP contribution < -0.4 is 15.0 Å². The van der Waals surface area contributed by atoms with Gasteiger partial charge in [0.15, 0.2) is 0 Å². The second-order valence-corrected chi connectivity index (χ2v) is 7.93. The highest BCUT2D eigenvalue weighted by Gasteiger charge is 2.38. The summed E-state index contributed by atoms with van der Waals surface area (Å²) >= 11 is 0. The summed E-state index contributed by atoms with van der Waals surface area (Å²) in [5, 5.41) is 2.94. The third-order valence-electron chi connectivity index (χ3n) is 4.43. The first-order chi connectivity index (χ1) is 11.3. The molecule has 130 valence electrons. The summed E-state index contributed by atoms with van der Waals surface area (Å²) in [7, 11) is 0. The van der Waals surface area contributed by atoms with Crippen LogP contribution in [0.2, 0.25) is 0 Å². The van der Waals surface area contributed by atoms with Crippen molar-refractivity contribution in [2.75, 3.05) is 23.4 Å². The van der Waals surface area contributed by atoms with E-state index in [1.54, 1.807) is 0 Å². The predicted molar refractivity (Wildman–Crippen MR) is 94.3 cm³/mol. The smallest absolute Gasteiger partial charge is 0.236 e. The zero-order chi connectivity index (χ0) is 17.5. The molecule has 5 heteroatoms. The molecule has 1 heterocycles. The van der Waals surface area contributed by atoms with Gasteiger partial charge in [-0.15, -0.1) is 0 Å². The van der Waals surface area contributed by atoms with Crippen LogP contribution in [0.5, 0.6) is 5.75 Å². The van der Waals surface area contributed by atoms with Crippen molar-refractivity contribution in [2.45, 2.75) is 40.5 Å². The highest BCUT2D eigenvalue weighted by atomic mass is 16.5. The van der Waals surface area contributed by atoms with E-state index in [0.717, 1.165) is 24.2 Å². The van der Waals surface area contributed by atoms with E-state index in [1.807, 2.05) is 36.9 Å². The third kappa shape index (κ3) is 3.40. The Bertz CT molecular complexity index is 663. The van der Waals surface area contributed by atoms with Gasteiger partial charge in [0.2, 0.25) is 11.8 Å². The summed E-state index contributed by atoms with van der Waals surface area (Å²) in [4.78, 5) is 26.7. The molecule has 0 spiro atoms. The number of anilines is 2. The second-order valence-electron chi connectivity index (χ2n) is 7.93. The van der Waals surface area contributed by atoms with Crippen molar-refractivity contribution in [3.63, 3.8) is 0 Å². The molecule has 1 saturated carbocycles. The number of ether oxygens (including phenoxy) is 1. The molecule has 0 atom stereocenters. The van der Waals surface area contributed by atoms with Crippen molar-refractivity contribution in [1.29, 1.82) is 0 Å². The van der Waals surface area contributed by atoms with Crippen LogP contribution >= 0.6 is 0 Å². The SMILES string of the molecule is CC(C)CN1C(=O)C(C)(C)COc2cc(NC(=O)C3CC3)ccc21. The van der Waals surface area contributed by atoms with Crippen LogP contribution in [0.3, 0.4) is 0 Å². The fourth-order valence-corrected chi connectivity index (χ4v) is 2.86. The highest BCUT2D eigenvalue weighted by Crippen LogP contribution is 2.39. The van der Waals surface area contributed by atoms with Crippen LogP contribution in [0.15, 0.2) is 18.2 Å². The van der Waals surface area contributed by atoms with E-state index >= 15 is 0 Å². The first-order valence-electron chi connectivity index (χ1n) is 8.67. The molecular weight excluding hydrogens is 304 g/mol. The molecule has 1 aliphatic heterocycles. The van der Waals surface area contributed by atoms with Crippen molar-refractivity contribution in [2.24, 2.45) is 17.3 Å². The van der Waals surface area contributed by atoms with Crippen molar-refractivity contribution >= 4 is 23.2 Å². The molecule has 0 bridgehead atoms. The Morgan fingerprint density at radius 1 is 1.38 bits per heavy atom. The van der Waals surface area contributed by atoms with Gasteiger partial charge in [-0.1, -0.05) is 13.8 Å². The zero-order valence-electron chi connectivity index (χ0n) is 14.9. The number of carbonyl (C=O) groups excluding carboxylic acids is 2. The van der Waals surface area contributed by atoms with Crippen molar-refractivity contribution in [1.82, 2.24) is 0 Å². The average Bonchev–Trinajstić information content (AvgIpc) is 3.34. The van der Waals surface area contributed by atoms with Crippen LogP contribution in [0.4, 0.5) is 11.4 Å². The van der Waals surface area contributed by atoms with Gasteiger partial charge in [-0.25, -0.2) is 0 Å². The van der Waals surface area contributed by atoms with Crippen molar-refractivity contribution in [3.8, 4) is 5.75 Å². The Morgan fingerprint density at radius 3 is 2.71 bits per heavy atom. The minimum absolute atomic E-state index is 0.0685. The number of amides is 2. The molecule has 1 aliphatic carbocycles. The molecule has 0 radical (unpaired) electrons. The Labute approximate surface area is 143 Å². The summed E-state index contributed by atoms with van der Waals surface area (Å²) in [6.07, 6.45) is 1.94. The molecular formula is C19H26N2O3. The van der Waals surface area contributed by atoms with Crippen LogP contribution in [-0.4, -0.2) is 25.0 Å². The number of nitrogens with zero attached hydrogens (tertiary/aromatic N) is 1. The Hall–Kier alpha value is -2.04. The standard InChI is InChI=1S/C19H26N2O3/c1-12(2)10-21-15-8-7-14(20-17(22)13-5-6-13)9-16(15)24-11-19(3,4)18(21)23/h7-9,12-13H,5-6,10-11H2,1-4H3,(H,20,22). The molecule has 1 aromatic carbocycles. The van der Waals surface area contributed by atoms with E-state index in [1.165, 1.54) is 0 Å². The summed E-state index contributed by atoms with van der Waals surface area (Å²) in [5.74, 6) is 1.31. The second kappa shape index (κ2) is 6.11. The molecule has 0 aromatic heterocycles. The number of carbonyl (C=O) groups is 2. The van der Waals surface area contributed by atoms with E-state index in [0.29, 0.717) is 24.8 Å². The van der Waals surface area contributed by atoms with Crippen molar-refractivity contribution < 1.29 is 14.3 Å². The maximum Gasteiger partial charge on any atom is 0.236 e. The Kier molecular flexibility index (Phi) is 4.28. The number of fused-ring (bicyclic) bond motifs is 1. The Morgan fingerprint density at radius 2 is 2.08 bits per heavy atom. The lowest BCUT2D eigenvalue weighted by Crippen LogP contribution is -2.43. The van der Waals surface area contributed by atoms with Crippen LogP contribution in [0.1, 0.15) is 40.5 Å². The molecule has 2 amide bonds. The van der Waals surface area contributed by atoms with Gasteiger partial charge in [0, 0.05) is 24.2 Å². The molecule has 2 aliphatic rings. The zero-order valence-corrected chi connectivity index (χ0v) is 14.9. The lowest BCUT2D eigenvalue weighted by Gasteiger charge is -2.29. The van der Waals surface area contributed by atoms with Gasteiger partial charge < -0.3 is 15.0 Å². The monoisotopic (exact) mass is 330 g/mol. The van der Waals surface area contributed by atoms with E-state index in [4.69, 9.17) is 4.74 Å². The largest absolute Gasteiger partial charge is 0.490 e. The lowest BCUT2D eigenvalue weighted by atomic mass is 9.92. The molecule has 1 aromatic rings. The maximum absolute atomic E-state index is 12.9. The summed E-state index contributed by atoms with van der Waals surface area (Å²) in [5.41, 5.74) is 0.928. The summed E-state index contributed by atoms with van der Waals surface area (Å²) < 4.78 is 5.93. The molecule has 3 rings (SSSR count). The van der Waals surface area contributed by atoms with Gasteiger partial charge in [-0.05, 0) is 44.7 Å². The molecule has 0 saturated heterocycles. The maximum atomic E-state index is 12.9. The van der Waals surface area contributed by atoms with Gasteiger partial charge in [0.25, 0.3) is 0 Å². The van der Waals surface area contributed by atoms with Crippen LogP contribution in [-0.2, 0) is 9.59 Å². The summed E-state index contributed by atoms with van der Waals surface area (Å²) in [6, 6.07) is 5.55. The predicted octanol–water partition coefficient (Wildman–Crippen LogP) is 3.44. The quantitative estimate of drug-likeness (QED) is 0.920. The topological polar surface area (TPSA) is 58.6 Å². The van der Waals surface area contributed by atoms with E-state index in [2.05, 4.69) is 19.2 Å². The minimum atomic E-state index is -0.578. The number of rotatable bonds is 4. The van der Waals surface area contributed by atoms with Crippen molar-refractivity contribution in [3.05, 3.63) is 18.2 Å². The van der Waals surface area contributed by atoms with Crippen LogP contribution in [0.25, 0.3) is 0 Å². The minimum Gasteiger partial charge on any atom is -0.490 e. The molecule has 5 nitrogen and oxygen atoms in total. The number of hydrogen-bond acceptors (Lipinski definition) is 3. The van der Waals surface area contributed by atoms with Gasteiger partial charge in [0.1, 0.15) is 12.4 Å². The third-order valence-corrected chi connectivity index (χ3v) is 4.43. The van der Waals surface area contributed by atoms with E-state index < -0.39 is 5.41 Å². The molecule has 1 fully saturated rings. The molecule has 0 unspecified atom stereocenters. The molecule has 1 N–H and O–H groups in total. The first kappa shape index (κ1) is 16.8. The lowest BCUT2D eigenvalue weighted by molar-refractivity contribution is -0.127. The van der Waals surface area contributed by atoms with Gasteiger partial charge in [0.05, 0.1) is 11.1 Å². The van der Waals surface area contributed by atoms with Gasteiger partial charge in [-0.3, -0.25) is 9.59 Å². The fourth-order valence-electron chi connectivity index (χ4n) is 2.86. The number of hydrogen-bond donors (Lipinski definition) is 1. The normalized spacial score (nSPS) is 19.5. The Balaban J connectivity index is 1.91. The van der Waals surface area contributed by atoms with Crippen LogP contribution in [0, 0.1) is 17.3 Å². The van der Waals surface area contributed by atoms with E-state index in [9.17, 15) is 9.59 Å². The van der Waals surface area contributed by atoms with Gasteiger partial charge >= 0.3 is 0 Å². The average molecular weight is 330 g/mol.